The number of nitrogen functional groups attached to an aromatic ring is 1. The topological polar surface area (TPSA) is 63.3 Å². The smallest absolute Gasteiger partial charge is 0.304 e. The van der Waals surface area contributed by atoms with Crippen molar-refractivity contribution in [2.45, 2.75) is 30.4 Å². The summed E-state index contributed by atoms with van der Waals surface area (Å²) in [5, 5.41) is 8.68. The van der Waals surface area contributed by atoms with E-state index in [0.717, 1.165) is 16.1 Å². The van der Waals surface area contributed by atoms with Gasteiger partial charge in [0, 0.05) is 15.8 Å². The summed E-state index contributed by atoms with van der Waals surface area (Å²) in [6, 6.07) is 5.80. The number of carbonyl (C=O) groups is 1. The Bertz CT molecular complexity index is 366. The molecule has 0 aliphatic rings. The quantitative estimate of drug-likeness (QED) is 0.610. The van der Waals surface area contributed by atoms with Gasteiger partial charge in [0.05, 0.1) is 6.42 Å². The number of hydrogen-bond acceptors (Lipinski definition) is 3. The van der Waals surface area contributed by atoms with E-state index in [-0.39, 0.29) is 11.7 Å². The van der Waals surface area contributed by atoms with E-state index >= 15 is 0 Å². The number of hydrogen-bond donors (Lipinski definition) is 2. The Morgan fingerprint density at radius 3 is 2.87 bits per heavy atom. The standard InChI is InChI=1S/C11H15NO2S/c1-7-4-3-5-9(11(7)12)15-8(2)6-10(13)14/h3-5,8H,6,12H2,1-2H3,(H,13,14). The predicted molar refractivity (Wildman–Crippen MR) is 63.2 cm³/mol. The monoisotopic (exact) mass is 225 g/mol. The van der Waals surface area contributed by atoms with Gasteiger partial charge in [-0.05, 0) is 18.6 Å². The zero-order valence-corrected chi connectivity index (χ0v) is 9.67. The highest BCUT2D eigenvalue weighted by molar-refractivity contribution is 8.00. The molecule has 0 amide bonds. The Balaban J connectivity index is 2.72. The second kappa shape index (κ2) is 5.07. The first-order valence-electron chi connectivity index (χ1n) is 4.74. The molecule has 3 nitrogen and oxygen atoms in total. The van der Waals surface area contributed by atoms with Crippen LogP contribution in [0.1, 0.15) is 18.9 Å². The molecule has 0 aliphatic carbocycles. The molecule has 1 rings (SSSR count). The number of aryl methyl sites for hydroxylation is 1. The van der Waals surface area contributed by atoms with E-state index in [0.29, 0.717) is 0 Å². The minimum absolute atomic E-state index is 0.0339. The highest BCUT2D eigenvalue weighted by Gasteiger charge is 2.11. The average molecular weight is 225 g/mol. The largest absolute Gasteiger partial charge is 0.481 e. The molecule has 0 aliphatic heterocycles. The van der Waals surface area contributed by atoms with E-state index in [1.165, 1.54) is 11.8 Å². The molecule has 0 fully saturated rings. The summed E-state index contributed by atoms with van der Waals surface area (Å²) in [5.41, 5.74) is 7.67. The predicted octanol–water partition coefficient (Wildman–Crippen LogP) is 2.53. The van der Waals surface area contributed by atoms with Crippen LogP contribution < -0.4 is 5.73 Å². The fraction of sp³-hybridized carbons (Fsp3) is 0.364. The molecule has 1 aromatic rings. The zero-order valence-electron chi connectivity index (χ0n) is 8.86. The van der Waals surface area contributed by atoms with Gasteiger partial charge >= 0.3 is 5.97 Å². The summed E-state index contributed by atoms with van der Waals surface area (Å²) in [7, 11) is 0. The van der Waals surface area contributed by atoms with Crippen LogP contribution in [0.2, 0.25) is 0 Å². The van der Waals surface area contributed by atoms with E-state index in [1.54, 1.807) is 0 Å². The summed E-state index contributed by atoms with van der Waals surface area (Å²) >= 11 is 1.51. The Kier molecular flexibility index (Phi) is 4.03. The number of rotatable bonds is 4. The molecule has 0 spiro atoms. The highest BCUT2D eigenvalue weighted by Crippen LogP contribution is 2.31. The molecule has 3 N–H and O–H groups in total. The van der Waals surface area contributed by atoms with Crippen molar-refractivity contribution < 1.29 is 9.90 Å². The first-order chi connectivity index (χ1) is 7.00. The second-order valence-corrected chi connectivity index (χ2v) is 4.99. The van der Waals surface area contributed by atoms with Gasteiger partial charge in [-0.2, -0.15) is 0 Å². The lowest BCUT2D eigenvalue weighted by Gasteiger charge is -2.11. The van der Waals surface area contributed by atoms with Crippen molar-refractivity contribution in [1.29, 1.82) is 0 Å². The Hall–Kier alpha value is -1.16. The van der Waals surface area contributed by atoms with Crippen LogP contribution in [0.4, 0.5) is 5.69 Å². The maximum Gasteiger partial charge on any atom is 0.304 e. The molecule has 0 radical (unpaired) electrons. The molecule has 0 heterocycles. The molecule has 0 saturated heterocycles. The van der Waals surface area contributed by atoms with Crippen LogP contribution in [-0.4, -0.2) is 16.3 Å². The number of aliphatic carboxylic acids is 1. The molecule has 4 heteroatoms. The zero-order chi connectivity index (χ0) is 11.4. The van der Waals surface area contributed by atoms with E-state index in [9.17, 15) is 4.79 Å². The van der Waals surface area contributed by atoms with E-state index in [4.69, 9.17) is 10.8 Å². The minimum Gasteiger partial charge on any atom is -0.481 e. The third-order valence-electron chi connectivity index (χ3n) is 2.07. The summed E-state index contributed by atoms with van der Waals surface area (Å²) in [4.78, 5) is 11.5. The second-order valence-electron chi connectivity index (χ2n) is 3.51. The van der Waals surface area contributed by atoms with Crippen LogP contribution in [0.5, 0.6) is 0 Å². The third-order valence-corrected chi connectivity index (χ3v) is 3.25. The van der Waals surface area contributed by atoms with Gasteiger partial charge in [-0.3, -0.25) is 4.79 Å². The maximum atomic E-state index is 10.5. The Labute approximate surface area is 93.7 Å². The van der Waals surface area contributed by atoms with Crippen LogP contribution in [0.25, 0.3) is 0 Å². The lowest BCUT2D eigenvalue weighted by Crippen LogP contribution is -2.06. The van der Waals surface area contributed by atoms with E-state index in [2.05, 4.69) is 0 Å². The third kappa shape index (κ3) is 3.47. The molecule has 1 unspecified atom stereocenters. The molecule has 1 atom stereocenters. The molecule has 82 valence electrons. The highest BCUT2D eigenvalue weighted by atomic mass is 32.2. The molecule has 0 saturated carbocycles. The maximum absolute atomic E-state index is 10.5. The van der Waals surface area contributed by atoms with Crippen LogP contribution in [0.15, 0.2) is 23.1 Å². The first kappa shape index (κ1) is 11.9. The van der Waals surface area contributed by atoms with Crippen molar-refractivity contribution >= 4 is 23.4 Å². The number of anilines is 1. The molecular weight excluding hydrogens is 210 g/mol. The van der Waals surface area contributed by atoms with Crippen molar-refractivity contribution in [2.24, 2.45) is 0 Å². The summed E-state index contributed by atoms with van der Waals surface area (Å²) in [6.45, 7) is 3.84. The Morgan fingerprint density at radius 1 is 1.60 bits per heavy atom. The van der Waals surface area contributed by atoms with Crippen LogP contribution in [-0.2, 0) is 4.79 Å². The van der Waals surface area contributed by atoms with E-state index < -0.39 is 5.97 Å². The van der Waals surface area contributed by atoms with Crippen molar-refractivity contribution in [2.75, 3.05) is 5.73 Å². The number of benzene rings is 1. The number of carboxylic acids is 1. The fourth-order valence-corrected chi connectivity index (χ4v) is 2.37. The van der Waals surface area contributed by atoms with Crippen molar-refractivity contribution in [3.63, 3.8) is 0 Å². The van der Waals surface area contributed by atoms with Gasteiger partial charge in [-0.1, -0.05) is 19.1 Å². The summed E-state index contributed by atoms with van der Waals surface area (Å²) in [6.07, 6.45) is 0.151. The van der Waals surface area contributed by atoms with Gasteiger partial charge in [0.1, 0.15) is 0 Å². The molecule has 0 bridgehead atoms. The summed E-state index contributed by atoms with van der Waals surface area (Å²) in [5.74, 6) is -0.777. The lowest BCUT2D eigenvalue weighted by molar-refractivity contribution is -0.136. The molecule has 15 heavy (non-hydrogen) atoms. The van der Waals surface area contributed by atoms with Crippen LogP contribution in [0.3, 0.4) is 0 Å². The average Bonchev–Trinajstić information content (AvgIpc) is 2.11. The summed E-state index contributed by atoms with van der Waals surface area (Å²) < 4.78 is 0. The number of nitrogens with two attached hydrogens (primary N) is 1. The van der Waals surface area contributed by atoms with Crippen LogP contribution >= 0.6 is 11.8 Å². The molecular formula is C11H15NO2S. The first-order valence-corrected chi connectivity index (χ1v) is 5.62. The van der Waals surface area contributed by atoms with Gasteiger partial charge in [0.15, 0.2) is 0 Å². The van der Waals surface area contributed by atoms with Crippen molar-refractivity contribution in [3.05, 3.63) is 23.8 Å². The normalized spacial score (nSPS) is 12.4. The van der Waals surface area contributed by atoms with Gasteiger partial charge in [-0.25, -0.2) is 0 Å². The van der Waals surface area contributed by atoms with Crippen molar-refractivity contribution in [3.8, 4) is 0 Å². The van der Waals surface area contributed by atoms with Gasteiger partial charge in [-0.15, -0.1) is 11.8 Å². The minimum atomic E-state index is -0.777. The number of para-hydroxylation sites is 1. The van der Waals surface area contributed by atoms with Gasteiger partial charge in [0.25, 0.3) is 0 Å². The van der Waals surface area contributed by atoms with Gasteiger partial charge < -0.3 is 10.8 Å². The van der Waals surface area contributed by atoms with Gasteiger partial charge in [0.2, 0.25) is 0 Å². The van der Waals surface area contributed by atoms with Crippen molar-refractivity contribution in [1.82, 2.24) is 0 Å². The number of carboxylic acid groups (broad SMARTS) is 1. The lowest BCUT2D eigenvalue weighted by atomic mass is 10.2. The molecule has 1 aromatic carbocycles. The molecule has 0 aromatic heterocycles. The fourth-order valence-electron chi connectivity index (χ4n) is 1.26. The van der Waals surface area contributed by atoms with Crippen LogP contribution in [0, 0.1) is 6.92 Å². The number of thioether (sulfide) groups is 1. The Morgan fingerprint density at radius 2 is 2.27 bits per heavy atom. The SMILES string of the molecule is Cc1cccc(SC(C)CC(=O)O)c1N. The van der Waals surface area contributed by atoms with E-state index in [1.807, 2.05) is 32.0 Å².